The second-order valence-corrected chi connectivity index (χ2v) is 6.00. The van der Waals surface area contributed by atoms with E-state index in [2.05, 4.69) is 22.9 Å². The number of hydrogen-bond acceptors (Lipinski definition) is 2. The lowest BCUT2D eigenvalue weighted by atomic mass is 9.87. The summed E-state index contributed by atoms with van der Waals surface area (Å²) in [6, 6.07) is 2.50. The van der Waals surface area contributed by atoms with E-state index in [0.29, 0.717) is 0 Å². The van der Waals surface area contributed by atoms with Crippen molar-refractivity contribution < 1.29 is 4.98 Å². The lowest BCUT2D eigenvalue weighted by molar-refractivity contribution is -0.377. The molecule has 1 saturated heterocycles. The Bertz CT molecular complexity index is 536. The number of H-pyrrole nitrogens is 1. The van der Waals surface area contributed by atoms with Gasteiger partial charge in [-0.3, -0.25) is 4.90 Å². The van der Waals surface area contributed by atoms with Gasteiger partial charge >= 0.3 is 0 Å². The summed E-state index contributed by atoms with van der Waals surface area (Å²) in [6.07, 6.45) is 9.58. The molecule has 2 heterocycles. The smallest absolute Gasteiger partial charge is 0.261 e. The van der Waals surface area contributed by atoms with Crippen molar-refractivity contribution in [3.05, 3.63) is 22.4 Å². The SMILES string of the molecule is CCc1[nH+]c(N2CCCCC2)c(C#N)c2c1CCCC2. The van der Waals surface area contributed by atoms with Gasteiger partial charge in [0.25, 0.3) is 5.82 Å². The largest absolute Gasteiger partial charge is 0.293 e. The van der Waals surface area contributed by atoms with E-state index in [1.165, 1.54) is 48.9 Å². The highest BCUT2D eigenvalue weighted by atomic mass is 15.2. The first-order valence-corrected chi connectivity index (χ1v) is 8.10. The number of hydrogen-bond donors (Lipinski definition) is 0. The molecule has 3 nitrogen and oxygen atoms in total. The Kier molecular flexibility index (Phi) is 3.91. The van der Waals surface area contributed by atoms with Crippen molar-refractivity contribution in [3.8, 4) is 6.07 Å². The van der Waals surface area contributed by atoms with E-state index in [0.717, 1.165) is 43.7 Å². The van der Waals surface area contributed by atoms with Gasteiger partial charge in [-0.05, 0) is 56.1 Å². The maximum atomic E-state index is 9.67. The minimum absolute atomic E-state index is 0.929. The molecule has 1 aromatic heterocycles. The number of aromatic amines is 1. The lowest BCUT2D eigenvalue weighted by Crippen LogP contribution is -2.37. The lowest BCUT2D eigenvalue weighted by Gasteiger charge is -2.25. The molecule has 1 N–H and O–H groups in total. The third-order valence-electron chi connectivity index (χ3n) is 4.78. The fourth-order valence-corrected chi connectivity index (χ4v) is 3.71. The number of nitrogens with zero attached hydrogens (tertiary/aromatic N) is 2. The van der Waals surface area contributed by atoms with Crippen molar-refractivity contribution in [2.45, 2.75) is 58.3 Å². The molecule has 20 heavy (non-hydrogen) atoms. The second-order valence-electron chi connectivity index (χ2n) is 6.00. The molecule has 3 heteroatoms. The van der Waals surface area contributed by atoms with Crippen LogP contribution < -0.4 is 9.88 Å². The number of aryl methyl sites for hydroxylation is 1. The number of anilines is 1. The molecule has 2 aliphatic rings. The van der Waals surface area contributed by atoms with Crippen LogP contribution in [0.4, 0.5) is 5.82 Å². The molecule has 0 bridgehead atoms. The molecular formula is C17H24N3+. The molecule has 0 aromatic carbocycles. The van der Waals surface area contributed by atoms with Gasteiger partial charge in [-0.2, -0.15) is 5.26 Å². The minimum Gasteiger partial charge on any atom is -0.261 e. The van der Waals surface area contributed by atoms with Crippen LogP contribution in [0.5, 0.6) is 0 Å². The molecule has 1 aromatic rings. The highest BCUT2D eigenvalue weighted by Gasteiger charge is 2.29. The van der Waals surface area contributed by atoms with Crippen LogP contribution in [0.2, 0.25) is 0 Å². The van der Waals surface area contributed by atoms with Gasteiger partial charge in [0.05, 0.1) is 13.1 Å². The molecule has 0 radical (unpaired) electrons. The maximum absolute atomic E-state index is 9.67. The summed E-state index contributed by atoms with van der Waals surface area (Å²) in [6.45, 7) is 4.40. The Balaban J connectivity index is 2.11. The molecule has 1 aliphatic carbocycles. The number of rotatable bonds is 2. The highest BCUT2D eigenvalue weighted by molar-refractivity contribution is 5.58. The van der Waals surface area contributed by atoms with Crippen LogP contribution >= 0.6 is 0 Å². The Morgan fingerprint density at radius 1 is 1.05 bits per heavy atom. The number of fused-ring (bicyclic) bond motifs is 1. The summed E-state index contributed by atoms with van der Waals surface area (Å²) in [5, 5.41) is 9.67. The third kappa shape index (κ3) is 2.28. The fraction of sp³-hybridized carbons (Fsp3) is 0.647. The highest BCUT2D eigenvalue weighted by Crippen LogP contribution is 2.30. The van der Waals surface area contributed by atoms with Crippen molar-refractivity contribution in [2.75, 3.05) is 18.0 Å². The summed E-state index contributed by atoms with van der Waals surface area (Å²) < 4.78 is 0. The van der Waals surface area contributed by atoms with E-state index in [-0.39, 0.29) is 0 Å². The van der Waals surface area contributed by atoms with Crippen LogP contribution in [0, 0.1) is 11.3 Å². The van der Waals surface area contributed by atoms with Gasteiger partial charge in [0.1, 0.15) is 17.3 Å². The maximum Gasteiger partial charge on any atom is 0.293 e. The van der Waals surface area contributed by atoms with Gasteiger partial charge in [-0.1, -0.05) is 6.92 Å². The Morgan fingerprint density at radius 2 is 1.75 bits per heavy atom. The van der Waals surface area contributed by atoms with Crippen molar-refractivity contribution >= 4 is 5.82 Å². The standard InChI is InChI=1S/C17H23N3/c1-2-16-14-9-5-4-8-13(14)15(12-18)17(19-16)20-10-6-3-7-11-20/h2-11H2,1H3/p+1. The first-order valence-electron chi connectivity index (χ1n) is 8.10. The molecule has 106 valence electrons. The summed E-state index contributed by atoms with van der Waals surface area (Å²) >= 11 is 0. The van der Waals surface area contributed by atoms with Crippen LogP contribution in [0.1, 0.15) is 61.4 Å². The number of nitrogens with one attached hydrogen (secondary N) is 1. The summed E-state index contributed by atoms with van der Waals surface area (Å²) in [5.74, 6) is 1.10. The molecule has 3 rings (SSSR count). The molecule has 0 spiro atoms. The number of pyridine rings is 1. The van der Waals surface area contributed by atoms with Gasteiger partial charge in [0, 0.05) is 6.42 Å². The van der Waals surface area contributed by atoms with Crippen LogP contribution in [-0.2, 0) is 19.3 Å². The average Bonchev–Trinajstić information content (AvgIpc) is 2.54. The van der Waals surface area contributed by atoms with Crippen LogP contribution in [0.15, 0.2) is 0 Å². The minimum atomic E-state index is 0.929. The van der Waals surface area contributed by atoms with E-state index < -0.39 is 0 Å². The van der Waals surface area contributed by atoms with Crippen molar-refractivity contribution in [3.63, 3.8) is 0 Å². The molecular weight excluding hydrogens is 246 g/mol. The average molecular weight is 270 g/mol. The molecule has 0 unspecified atom stereocenters. The molecule has 0 amide bonds. The van der Waals surface area contributed by atoms with E-state index in [1.807, 2.05) is 0 Å². The Hall–Kier alpha value is -1.56. The fourth-order valence-electron chi connectivity index (χ4n) is 3.71. The van der Waals surface area contributed by atoms with Gasteiger partial charge in [-0.15, -0.1) is 0 Å². The summed E-state index contributed by atoms with van der Waals surface area (Å²) in [7, 11) is 0. The van der Waals surface area contributed by atoms with Crippen molar-refractivity contribution in [1.29, 1.82) is 5.26 Å². The topological polar surface area (TPSA) is 41.2 Å². The van der Waals surface area contributed by atoms with Gasteiger partial charge < -0.3 is 0 Å². The van der Waals surface area contributed by atoms with E-state index in [9.17, 15) is 5.26 Å². The summed E-state index contributed by atoms with van der Waals surface area (Å²) in [5.41, 5.74) is 5.07. The predicted molar refractivity (Wildman–Crippen MR) is 79.8 cm³/mol. The zero-order valence-corrected chi connectivity index (χ0v) is 12.5. The Morgan fingerprint density at radius 3 is 2.40 bits per heavy atom. The molecule has 0 saturated carbocycles. The zero-order valence-electron chi connectivity index (χ0n) is 12.5. The quantitative estimate of drug-likeness (QED) is 0.829. The first-order chi connectivity index (χ1) is 9.85. The number of piperidine rings is 1. The third-order valence-corrected chi connectivity index (χ3v) is 4.78. The van der Waals surface area contributed by atoms with Crippen LogP contribution in [-0.4, -0.2) is 13.1 Å². The van der Waals surface area contributed by atoms with E-state index >= 15 is 0 Å². The van der Waals surface area contributed by atoms with Crippen LogP contribution in [0.25, 0.3) is 0 Å². The van der Waals surface area contributed by atoms with Crippen molar-refractivity contribution in [1.82, 2.24) is 0 Å². The van der Waals surface area contributed by atoms with Crippen molar-refractivity contribution in [2.24, 2.45) is 0 Å². The normalized spacial score (nSPS) is 18.5. The molecule has 0 atom stereocenters. The van der Waals surface area contributed by atoms with Gasteiger partial charge in [-0.25, -0.2) is 4.98 Å². The second kappa shape index (κ2) is 5.83. The van der Waals surface area contributed by atoms with Crippen LogP contribution in [0.3, 0.4) is 0 Å². The van der Waals surface area contributed by atoms with Gasteiger partial charge in [0.15, 0.2) is 0 Å². The van der Waals surface area contributed by atoms with E-state index in [4.69, 9.17) is 0 Å². The molecule has 1 aliphatic heterocycles. The predicted octanol–water partition coefficient (Wildman–Crippen LogP) is 2.80. The monoisotopic (exact) mass is 270 g/mol. The van der Waals surface area contributed by atoms with Gasteiger partial charge in [0.2, 0.25) is 0 Å². The zero-order chi connectivity index (χ0) is 13.9. The summed E-state index contributed by atoms with van der Waals surface area (Å²) in [4.78, 5) is 6.01. The van der Waals surface area contributed by atoms with E-state index in [1.54, 1.807) is 0 Å². The number of aromatic nitrogens is 1. The Labute approximate surface area is 121 Å². The number of nitriles is 1. The molecule has 1 fully saturated rings. The first kappa shape index (κ1) is 13.4.